The number of piperidine rings is 1. The summed E-state index contributed by atoms with van der Waals surface area (Å²) in [6.07, 6.45) is 4.64. The van der Waals surface area contributed by atoms with Crippen molar-refractivity contribution in [2.75, 3.05) is 18.0 Å². The van der Waals surface area contributed by atoms with Gasteiger partial charge in [-0.3, -0.25) is 0 Å². The van der Waals surface area contributed by atoms with Gasteiger partial charge in [-0.05, 0) is 18.4 Å². The van der Waals surface area contributed by atoms with Crippen LogP contribution in [0.2, 0.25) is 0 Å². The molecule has 0 spiro atoms. The summed E-state index contributed by atoms with van der Waals surface area (Å²) in [6, 6.07) is 2.08. The number of nitrogens with two attached hydrogens (primary N) is 1. The second-order valence-electron chi connectivity index (χ2n) is 4.05. The van der Waals surface area contributed by atoms with Gasteiger partial charge in [-0.1, -0.05) is 6.92 Å². The Hall–Kier alpha value is -1.16. The van der Waals surface area contributed by atoms with Crippen LogP contribution in [0.5, 0.6) is 0 Å². The predicted molar refractivity (Wildman–Crippen MR) is 56.0 cm³/mol. The molecule has 0 aromatic carbocycles. The first-order valence-corrected chi connectivity index (χ1v) is 5.03. The first-order chi connectivity index (χ1) is 6.75. The summed E-state index contributed by atoms with van der Waals surface area (Å²) in [5.41, 5.74) is 5.96. The largest absolute Gasteiger partial charge is 0.339 e. The van der Waals surface area contributed by atoms with Gasteiger partial charge in [0.15, 0.2) is 0 Å². The summed E-state index contributed by atoms with van der Waals surface area (Å²) in [5.74, 6) is 1.43. The Balaban J connectivity index is 2.11. The lowest BCUT2D eigenvalue weighted by Gasteiger charge is -2.34. The van der Waals surface area contributed by atoms with Crippen molar-refractivity contribution in [3.05, 3.63) is 18.5 Å². The molecule has 0 amide bonds. The molecule has 14 heavy (non-hydrogen) atoms. The molecule has 2 rings (SSSR count). The maximum Gasteiger partial charge on any atom is 0.225 e. The monoisotopic (exact) mass is 192 g/mol. The van der Waals surface area contributed by atoms with E-state index in [0.29, 0.717) is 5.92 Å². The van der Waals surface area contributed by atoms with Crippen LogP contribution in [0.15, 0.2) is 18.5 Å². The minimum Gasteiger partial charge on any atom is -0.339 e. The lowest BCUT2D eigenvalue weighted by atomic mass is 9.97. The molecule has 1 fully saturated rings. The summed E-state index contributed by atoms with van der Waals surface area (Å²) in [7, 11) is 0. The van der Waals surface area contributed by atoms with Crippen LogP contribution in [0.1, 0.15) is 13.3 Å². The van der Waals surface area contributed by atoms with E-state index in [1.165, 1.54) is 0 Å². The van der Waals surface area contributed by atoms with Crippen molar-refractivity contribution in [1.82, 2.24) is 9.97 Å². The number of hydrogen-bond acceptors (Lipinski definition) is 4. The normalized spacial score (nSPS) is 27.7. The summed E-state index contributed by atoms with van der Waals surface area (Å²) in [5, 5.41) is 0. The minimum atomic E-state index is 0.252. The van der Waals surface area contributed by atoms with E-state index in [9.17, 15) is 0 Å². The van der Waals surface area contributed by atoms with E-state index in [2.05, 4.69) is 21.8 Å². The van der Waals surface area contributed by atoms with E-state index in [-0.39, 0.29) is 6.04 Å². The van der Waals surface area contributed by atoms with E-state index < -0.39 is 0 Å². The third-order valence-corrected chi connectivity index (χ3v) is 2.53. The fraction of sp³-hybridized carbons (Fsp3) is 0.600. The summed E-state index contributed by atoms with van der Waals surface area (Å²) < 4.78 is 0. The van der Waals surface area contributed by atoms with Gasteiger partial charge in [0.25, 0.3) is 0 Å². The van der Waals surface area contributed by atoms with E-state index in [4.69, 9.17) is 5.73 Å². The van der Waals surface area contributed by atoms with Gasteiger partial charge in [0, 0.05) is 31.5 Å². The van der Waals surface area contributed by atoms with E-state index in [1.807, 2.05) is 6.07 Å². The number of hydrogen-bond donors (Lipinski definition) is 1. The lowest BCUT2D eigenvalue weighted by molar-refractivity contribution is 0.398. The van der Waals surface area contributed by atoms with Crippen molar-refractivity contribution in [2.24, 2.45) is 11.7 Å². The van der Waals surface area contributed by atoms with Crippen LogP contribution in [-0.2, 0) is 0 Å². The van der Waals surface area contributed by atoms with Crippen molar-refractivity contribution < 1.29 is 0 Å². The first kappa shape index (κ1) is 9.40. The molecule has 1 aliphatic heterocycles. The second kappa shape index (κ2) is 3.92. The molecule has 1 aromatic rings. The molecule has 1 aliphatic rings. The Morgan fingerprint density at radius 1 is 1.36 bits per heavy atom. The topological polar surface area (TPSA) is 55.0 Å². The highest BCUT2D eigenvalue weighted by Gasteiger charge is 2.23. The molecule has 2 atom stereocenters. The first-order valence-electron chi connectivity index (χ1n) is 5.03. The zero-order valence-corrected chi connectivity index (χ0v) is 8.43. The van der Waals surface area contributed by atoms with Crippen LogP contribution >= 0.6 is 0 Å². The Kier molecular flexibility index (Phi) is 2.63. The lowest BCUT2D eigenvalue weighted by Crippen LogP contribution is -2.47. The molecule has 0 aliphatic carbocycles. The zero-order valence-electron chi connectivity index (χ0n) is 8.43. The van der Waals surface area contributed by atoms with Crippen LogP contribution in [0, 0.1) is 5.92 Å². The Bertz CT molecular complexity index is 277. The molecule has 4 nitrogen and oxygen atoms in total. The van der Waals surface area contributed by atoms with Gasteiger partial charge in [-0.25, -0.2) is 9.97 Å². The molecule has 1 aromatic heterocycles. The van der Waals surface area contributed by atoms with Gasteiger partial charge in [0.05, 0.1) is 0 Å². The highest BCUT2D eigenvalue weighted by Crippen LogP contribution is 2.18. The van der Waals surface area contributed by atoms with Crippen molar-refractivity contribution in [3.63, 3.8) is 0 Å². The average molecular weight is 192 g/mol. The SMILES string of the molecule is CC1CC(N)CN(c2ncccn2)C1. The van der Waals surface area contributed by atoms with Gasteiger partial charge < -0.3 is 10.6 Å². The average Bonchev–Trinajstić information content (AvgIpc) is 2.18. The van der Waals surface area contributed by atoms with Gasteiger partial charge in [0.1, 0.15) is 0 Å². The minimum absolute atomic E-state index is 0.252. The fourth-order valence-corrected chi connectivity index (χ4v) is 2.02. The molecule has 76 valence electrons. The molecular weight excluding hydrogens is 176 g/mol. The third kappa shape index (κ3) is 2.01. The van der Waals surface area contributed by atoms with Gasteiger partial charge in [-0.2, -0.15) is 0 Å². The van der Waals surface area contributed by atoms with Crippen LogP contribution in [-0.4, -0.2) is 29.1 Å². The molecule has 0 radical (unpaired) electrons. The third-order valence-electron chi connectivity index (χ3n) is 2.53. The van der Waals surface area contributed by atoms with Gasteiger partial charge in [0.2, 0.25) is 5.95 Å². The number of nitrogens with zero attached hydrogens (tertiary/aromatic N) is 3. The number of aromatic nitrogens is 2. The Morgan fingerprint density at radius 2 is 2.07 bits per heavy atom. The van der Waals surface area contributed by atoms with E-state index >= 15 is 0 Å². The van der Waals surface area contributed by atoms with Crippen LogP contribution < -0.4 is 10.6 Å². The van der Waals surface area contributed by atoms with Crippen LogP contribution in [0.25, 0.3) is 0 Å². The van der Waals surface area contributed by atoms with Gasteiger partial charge >= 0.3 is 0 Å². The van der Waals surface area contributed by atoms with Gasteiger partial charge in [-0.15, -0.1) is 0 Å². The van der Waals surface area contributed by atoms with Crippen LogP contribution in [0.4, 0.5) is 5.95 Å². The fourth-order valence-electron chi connectivity index (χ4n) is 2.02. The van der Waals surface area contributed by atoms with Crippen molar-refractivity contribution in [1.29, 1.82) is 0 Å². The molecule has 0 saturated carbocycles. The zero-order chi connectivity index (χ0) is 9.97. The standard InChI is InChI=1S/C10H16N4/c1-8-5-9(11)7-14(6-8)10-12-3-2-4-13-10/h2-4,8-9H,5-7,11H2,1H3. The van der Waals surface area contributed by atoms with Crippen molar-refractivity contribution in [2.45, 2.75) is 19.4 Å². The summed E-state index contributed by atoms with van der Waals surface area (Å²) >= 11 is 0. The molecule has 0 bridgehead atoms. The summed E-state index contributed by atoms with van der Waals surface area (Å²) in [6.45, 7) is 4.10. The maximum absolute atomic E-state index is 5.96. The Labute approximate surface area is 84.2 Å². The van der Waals surface area contributed by atoms with E-state index in [0.717, 1.165) is 25.5 Å². The molecule has 2 heterocycles. The molecule has 2 unspecified atom stereocenters. The smallest absolute Gasteiger partial charge is 0.225 e. The quantitative estimate of drug-likeness (QED) is 0.710. The number of rotatable bonds is 1. The maximum atomic E-state index is 5.96. The van der Waals surface area contributed by atoms with E-state index in [1.54, 1.807) is 12.4 Å². The summed E-state index contributed by atoms with van der Waals surface area (Å²) in [4.78, 5) is 10.6. The Morgan fingerprint density at radius 3 is 2.71 bits per heavy atom. The van der Waals surface area contributed by atoms with Crippen molar-refractivity contribution >= 4 is 5.95 Å². The molecular formula is C10H16N4. The predicted octanol–water partition coefficient (Wildman–Crippen LogP) is 0.650. The van der Waals surface area contributed by atoms with Crippen LogP contribution in [0.3, 0.4) is 0 Å². The number of anilines is 1. The molecule has 4 heteroatoms. The molecule has 1 saturated heterocycles. The highest BCUT2D eigenvalue weighted by atomic mass is 15.3. The van der Waals surface area contributed by atoms with Crippen molar-refractivity contribution in [3.8, 4) is 0 Å². The second-order valence-corrected chi connectivity index (χ2v) is 4.05. The molecule has 2 N–H and O–H groups in total. The highest BCUT2D eigenvalue weighted by molar-refractivity contribution is 5.29.